The van der Waals surface area contributed by atoms with E-state index >= 15 is 0 Å². The van der Waals surface area contributed by atoms with Gasteiger partial charge in [-0.15, -0.1) is 0 Å². The molecular formula is C10H10BrFN2O. The fraction of sp³-hybridized carbons (Fsp3) is 0.300. The van der Waals surface area contributed by atoms with Crippen LogP contribution in [0.2, 0.25) is 0 Å². The Kier molecular flexibility index (Phi) is 2.65. The van der Waals surface area contributed by atoms with Crippen LogP contribution in [0.5, 0.6) is 0 Å². The number of benzene rings is 1. The van der Waals surface area contributed by atoms with Crippen LogP contribution < -0.4 is 10.6 Å². The predicted octanol–water partition coefficient (Wildman–Crippen LogP) is 2.30. The number of carbonyl (C=O) groups excluding carboxylic acids is 1. The molecule has 1 heterocycles. The van der Waals surface area contributed by atoms with Gasteiger partial charge in [-0.25, -0.2) is 4.39 Å². The lowest BCUT2D eigenvalue weighted by Gasteiger charge is -2.18. The molecule has 80 valence electrons. The zero-order chi connectivity index (χ0) is 11.0. The lowest BCUT2D eigenvalue weighted by Crippen LogP contribution is -2.25. The zero-order valence-electron chi connectivity index (χ0n) is 7.96. The Morgan fingerprint density at radius 3 is 2.80 bits per heavy atom. The molecule has 0 bridgehead atoms. The Bertz CT molecular complexity index is 422. The normalized spacial score (nSPS) is 16.1. The molecular weight excluding hydrogens is 263 g/mol. The van der Waals surface area contributed by atoms with E-state index in [0.717, 1.165) is 6.42 Å². The molecule has 0 atom stereocenters. The molecule has 15 heavy (non-hydrogen) atoms. The minimum absolute atomic E-state index is 0.000741. The lowest BCUT2D eigenvalue weighted by molar-refractivity contribution is -0.117. The van der Waals surface area contributed by atoms with Gasteiger partial charge in [0, 0.05) is 17.4 Å². The molecule has 1 aromatic rings. The molecule has 5 heteroatoms. The highest BCUT2D eigenvalue weighted by molar-refractivity contribution is 9.10. The Morgan fingerprint density at radius 1 is 1.47 bits per heavy atom. The van der Waals surface area contributed by atoms with Crippen molar-refractivity contribution in [3.8, 4) is 0 Å². The first-order valence-electron chi connectivity index (χ1n) is 4.64. The van der Waals surface area contributed by atoms with E-state index < -0.39 is 5.82 Å². The molecule has 1 amide bonds. The largest absolute Gasteiger partial charge is 0.395 e. The average Bonchev–Trinajstić information content (AvgIpc) is 2.58. The highest BCUT2D eigenvalue weighted by Gasteiger charge is 2.24. The maximum atomic E-state index is 13.3. The van der Waals surface area contributed by atoms with E-state index in [9.17, 15) is 9.18 Å². The van der Waals surface area contributed by atoms with Crippen LogP contribution in [-0.4, -0.2) is 12.5 Å². The number of anilines is 2. The molecule has 1 aliphatic rings. The topological polar surface area (TPSA) is 46.3 Å². The van der Waals surface area contributed by atoms with Crippen molar-refractivity contribution in [3.63, 3.8) is 0 Å². The first-order chi connectivity index (χ1) is 7.09. The van der Waals surface area contributed by atoms with Gasteiger partial charge in [-0.2, -0.15) is 0 Å². The van der Waals surface area contributed by atoms with Crippen LogP contribution in [0.15, 0.2) is 16.6 Å². The minimum atomic E-state index is -0.501. The monoisotopic (exact) mass is 272 g/mol. The van der Waals surface area contributed by atoms with Crippen LogP contribution >= 0.6 is 15.9 Å². The number of carbonyl (C=O) groups is 1. The van der Waals surface area contributed by atoms with E-state index in [0.29, 0.717) is 23.1 Å². The van der Waals surface area contributed by atoms with Gasteiger partial charge in [0.05, 0.1) is 11.4 Å². The predicted molar refractivity (Wildman–Crippen MR) is 60.1 cm³/mol. The number of hydrogen-bond acceptors (Lipinski definition) is 2. The molecule has 0 spiro atoms. The maximum Gasteiger partial charge on any atom is 0.227 e. The average molecular weight is 273 g/mol. The highest BCUT2D eigenvalue weighted by atomic mass is 79.9. The maximum absolute atomic E-state index is 13.3. The molecule has 0 unspecified atom stereocenters. The van der Waals surface area contributed by atoms with Crippen LogP contribution in [0, 0.1) is 5.82 Å². The highest BCUT2D eigenvalue weighted by Crippen LogP contribution is 2.32. The third-order valence-electron chi connectivity index (χ3n) is 2.44. The summed E-state index contributed by atoms with van der Waals surface area (Å²) in [6.07, 6.45) is 1.31. The van der Waals surface area contributed by atoms with Gasteiger partial charge in [0.25, 0.3) is 0 Å². The van der Waals surface area contributed by atoms with Crippen molar-refractivity contribution in [1.82, 2.24) is 0 Å². The summed E-state index contributed by atoms with van der Waals surface area (Å²) in [7, 11) is 0. The van der Waals surface area contributed by atoms with E-state index in [1.807, 2.05) is 0 Å². The van der Waals surface area contributed by atoms with Crippen LogP contribution in [0.4, 0.5) is 15.8 Å². The van der Waals surface area contributed by atoms with Gasteiger partial charge in [-0.05, 0) is 18.6 Å². The van der Waals surface area contributed by atoms with Crippen molar-refractivity contribution in [2.75, 3.05) is 17.2 Å². The number of nitrogens with zero attached hydrogens (tertiary/aromatic N) is 1. The molecule has 1 fully saturated rings. The quantitative estimate of drug-likeness (QED) is 0.798. The summed E-state index contributed by atoms with van der Waals surface area (Å²) in [6, 6.07) is 2.96. The van der Waals surface area contributed by atoms with Gasteiger partial charge >= 0.3 is 0 Å². The summed E-state index contributed by atoms with van der Waals surface area (Å²) in [5, 5.41) is 0. The second-order valence-electron chi connectivity index (χ2n) is 3.47. The molecule has 1 saturated heterocycles. The van der Waals surface area contributed by atoms with Gasteiger partial charge in [-0.1, -0.05) is 15.9 Å². The number of rotatable bonds is 1. The van der Waals surface area contributed by atoms with E-state index in [1.165, 1.54) is 11.0 Å². The Morgan fingerprint density at radius 2 is 2.20 bits per heavy atom. The Balaban J connectivity index is 2.47. The summed E-state index contributed by atoms with van der Waals surface area (Å²) in [5.74, 6) is -0.502. The number of halogens is 2. The van der Waals surface area contributed by atoms with E-state index in [-0.39, 0.29) is 11.6 Å². The van der Waals surface area contributed by atoms with Crippen molar-refractivity contribution in [2.45, 2.75) is 12.8 Å². The van der Waals surface area contributed by atoms with E-state index in [1.54, 1.807) is 6.07 Å². The molecule has 0 aliphatic carbocycles. The number of nitrogen functional groups attached to an aromatic ring is 1. The molecule has 0 radical (unpaired) electrons. The van der Waals surface area contributed by atoms with Crippen LogP contribution in [0.1, 0.15) is 12.8 Å². The number of nitrogens with two attached hydrogens (primary N) is 1. The van der Waals surface area contributed by atoms with E-state index in [4.69, 9.17) is 5.73 Å². The fourth-order valence-electron chi connectivity index (χ4n) is 1.70. The summed E-state index contributed by atoms with van der Waals surface area (Å²) in [5.41, 5.74) is 6.10. The molecule has 2 rings (SSSR count). The second-order valence-corrected chi connectivity index (χ2v) is 4.39. The summed E-state index contributed by atoms with van der Waals surface area (Å²) >= 11 is 3.18. The number of hydrogen-bond donors (Lipinski definition) is 1. The van der Waals surface area contributed by atoms with Crippen molar-refractivity contribution in [1.29, 1.82) is 0 Å². The minimum Gasteiger partial charge on any atom is -0.395 e. The standard InChI is InChI=1S/C10H10BrFN2O/c11-6-4-7(12)10(13)8(5-6)14-3-1-2-9(14)15/h4-5H,1-3,13H2. The van der Waals surface area contributed by atoms with Gasteiger partial charge in [0.1, 0.15) is 5.82 Å². The summed E-state index contributed by atoms with van der Waals surface area (Å²) in [6.45, 7) is 0.610. The van der Waals surface area contributed by atoms with Gasteiger partial charge in [0.2, 0.25) is 5.91 Å². The van der Waals surface area contributed by atoms with Crippen molar-refractivity contribution in [2.24, 2.45) is 0 Å². The van der Waals surface area contributed by atoms with Gasteiger partial charge in [-0.3, -0.25) is 4.79 Å². The summed E-state index contributed by atoms with van der Waals surface area (Å²) < 4.78 is 13.9. The first-order valence-corrected chi connectivity index (χ1v) is 5.44. The fourth-order valence-corrected chi connectivity index (χ4v) is 2.12. The van der Waals surface area contributed by atoms with Crippen molar-refractivity contribution >= 4 is 33.2 Å². The molecule has 3 nitrogen and oxygen atoms in total. The number of amides is 1. The first kappa shape index (κ1) is 10.4. The smallest absolute Gasteiger partial charge is 0.227 e. The Hall–Kier alpha value is -1.10. The van der Waals surface area contributed by atoms with Crippen molar-refractivity contribution in [3.05, 3.63) is 22.4 Å². The van der Waals surface area contributed by atoms with Crippen LogP contribution in [-0.2, 0) is 4.79 Å². The third kappa shape index (κ3) is 1.84. The SMILES string of the molecule is Nc1c(F)cc(Br)cc1N1CCCC1=O. The lowest BCUT2D eigenvalue weighted by atomic mass is 10.2. The molecule has 0 aromatic heterocycles. The third-order valence-corrected chi connectivity index (χ3v) is 2.89. The second kappa shape index (κ2) is 3.81. The summed E-state index contributed by atoms with van der Waals surface area (Å²) in [4.78, 5) is 13.0. The van der Waals surface area contributed by atoms with Crippen LogP contribution in [0.25, 0.3) is 0 Å². The zero-order valence-corrected chi connectivity index (χ0v) is 9.55. The Labute approximate surface area is 95.2 Å². The van der Waals surface area contributed by atoms with Gasteiger partial charge in [0.15, 0.2) is 0 Å². The van der Waals surface area contributed by atoms with Crippen LogP contribution in [0.3, 0.4) is 0 Å². The molecule has 1 aromatic carbocycles. The molecule has 1 aliphatic heterocycles. The molecule has 0 saturated carbocycles. The van der Waals surface area contributed by atoms with Gasteiger partial charge < -0.3 is 10.6 Å². The van der Waals surface area contributed by atoms with Crippen molar-refractivity contribution < 1.29 is 9.18 Å². The molecule has 2 N–H and O–H groups in total. The van der Waals surface area contributed by atoms with E-state index in [2.05, 4.69) is 15.9 Å².